The van der Waals surface area contributed by atoms with Crippen LogP contribution in [-0.4, -0.2) is 46.8 Å². The fourth-order valence-corrected chi connectivity index (χ4v) is 2.00. The smallest absolute Gasteiger partial charge is 0.144 e. The van der Waals surface area contributed by atoms with Crippen molar-refractivity contribution in [3.63, 3.8) is 0 Å². The molecule has 4 nitrogen and oxygen atoms in total. The Bertz CT molecular complexity index is 385. The number of hydrogen-bond acceptors (Lipinski definition) is 4. The van der Waals surface area contributed by atoms with E-state index in [0.29, 0.717) is 12.8 Å². The third-order valence-electron chi connectivity index (χ3n) is 3.51. The number of aliphatic hydroxyl groups excluding tert-OH is 3. The number of unbranched alkanes of at least 4 members (excludes halogenated alkanes) is 4. The second-order valence-corrected chi connectivity index (χ2v) is 5.38. The molecular weight excluding hydrogens is 280 g/mol. The third-order valence-corrected chi connectivity index (χ3v) is 3.51. The summed E-state index contributed by atoms with van der Waals surface area (Å²) >= 11 is 0. The Morgan fingerprint density at radius 1 is 0.909 bits per heavy atom. The van der Waals surface area contributed by atoms with Crippen molar-refractivity contribution in [3.05, 3.63) is 0 Å². The molecule has 0 heterocycles. The summed E-state index contributed by atoms with van der Waals surface area (Å²) in [5, 5.41) is 29.2. The summed E-state index contributed by atoms with van der Waals surface area (Å²) in [7, 11) is 1.53. The fraction of sp³-hybridized carbons (Fsp3) is 0.778. The zero-order chi connectivity index (χ0) is 16.8. The maximum atomic E-state index is 10.1. The van der Waals surface area contributed by atoms with Gasteiger partial charge in [-0.2, -0.15) is 0 Å². The number of methoxy groups -OCH3 is 1. The van der Waals surface area contributed by atoms with Gasteiger partial charge in [0.1, 0.15) is 18.3 Å². The van der Waals surface area contributed by atoms with E-state index >= 15 is 0 Å². The molecule has 0 saturated carbocycles. The highest BCUT2D eigenvalue weighted by Gasteiger charge is 2.24. The Labute approximate surface area is 134 Å². The molecule has 0 aliphatic rings. The molecule has 0 rings (SSSR count). The van der Waals surface area contributed by atoms with Crippen LogP contribution in [0.15, 0.2) is 0 Å². The lowest BCUT2D eigenvalue weighted by Crippen LogP contribution is -2.37. The molecule has 0 aromatic carbocycles. The van der Waals surface area contributed by atoms with Gasteiger partial charge in [-0.15, -0.1) is 0 Å². The van der Waals surface area contributed by atoms with Crippen molar-refractivity contribution >= 4 is 0 Å². The Balaban J connectivity index is 4.28. The molecule has 0 aromatic heterocycles. The minimum absolute atomic E-state index is 0.430. The highest BCUT2D eigenvalue weighted by atomic mass is 16.5. The average Bonchev–Trinajstić information content (AvgIpc) is 2.53. The van der Waals surface area contributed by atoms with Crippen LogP contribution in [0.3, 0.4) is 0 Å². The summed E-state index contributed by atoms with van der Waals surface area (Å²) < 4.78 is 5.25. The predicted molar refractivity (Wildman–Crippen MR) is 88.0 cm³/mol. The highest BCUT2D eigenvalue weighted by molar-refractivity contribution is 5.29. The molecular formula is C18H30O4. The Kier molecular flexibility index (Phi) is 13.0. The van der Waals surface area contributed by atoms with Gasteiger partial charge in [0.25, 0.3) is 0 Å². The van der Waals surface area contributed by atoms with Gasteiger partial charge in [-0.3, -0.25) is 0 Å². The van der Waals surface area contributed by atoms with Crippen LogP contribution in [0.5, 0.6) is 0 Å². The Morgan fingerprint density at radius 2 is 1.55 bits per heavy atom. The molecule has 0 aliphatic carbocycles. The molecule has 0 bridgehead atoms. The standard InChI is InChI=1S/C18H30O4/c1-4-6-7-8-9-14-17(22-3)18(21)16(20)13-11-10-12-15(19)5-2/h15-21H,4-9,14H2,1-3H3/t15-,16+,17+,18+/m0/s1. The first-order chi connectivity index (χ1) is 10.6. The van der Waals surface area contributed by atoms with Crippen molar-refractivity contribution in [2.75, 3.05) is 7.11 Å². The molecule has 0 spiro atoms. The summed E-state index contributed by atoms with van der Waals surface area (Å²) in [5.41, 5.74) is 0. The zero-order valence-electron chi connectivity index (χ0n) is 14.0. The third kappa shape index (κ3) is 9.82. The lowest BCUT2D eigenvalue weighted by Gasteiger charge is -2.23. The fourth-order valence-electron chi connectivity index (χ4n) is 2.00. The van der Waals surface area contributed by atoms with E-state index in [1.54, 1.807) is 0 Å². The first-order valence-electron chi connectivity index (χ1n) is 8.14. The number of aliphatic hydroxyl groups is 3. The maximum absolute atomic E-state index is 10.1. The largest absolute Gasteiger partial charge is 0.387 e. The SMILES string of the molecule is CCCCCCC[C@@H](OC)[C@H](O)[C@H](O)C#CC#C[C@@H](O)CC. The van der Waals surface area contributed by atoms with Crippen LogP contribution in [0.2, 0.25) is 0 Å². The molecule has 0 saturated heterocycles. The molecule has 0 aromatic rings. The van der Waals surface area contributed by atoms with E-state index in [0.717, 1.165) is 12.8 Å². The number of rotatable bonds is 10. The molecule has 22 heavy (non-hydrogen) atoms. The molecule has 4 heteroatoms. The maximum Gasteiger partial charge on any atom is 0.144 e. The van der Waals surface area contributed by atoms with Crippen molar-refractivity contribution in [3.8, 4) is 23.7 Å². The van der Waals surface area contributed by atoms with E-state index in [1.165, 1.54) is 26.4 Å². The zero-order valence-corrected chi connectivity index (χ0v) is 14.0. The lowest BCUT2D eigenvalue weighted by atomic mass is 10.0. The quantitative estimate of drug-likeness (QED) is 0.425. The minimum Gasteiger partial charge on any atom is -0.387 e. The van der Waals surface area contributed by atoms with Gasteiger partial charge in [-0.25, -0.2) is 0 Å². The summed E-state index contributed by atoms with van der Waals surface area (Å²) in [4.78, 5) is 0. The van der Waals surface area contributed by atoms with Gasteiger partial charge in [0.15, 0.2) is 0 Å². The van der Waals surface area contributed by atoms with Gasteiger partial charge < -0.3 is 20.1 Å². The first kappa shape index (κ1) is 21.0. The topological polar surface area (TPSA) is 69.9 Å². The molecule has 0 amide bonds. The van der Waals surface area contributed by atoms with E-state index in [9.17, 15) is 15.3 Å². The van der Waals surface area contributed by atoms with Gasteiger partial charge in [0.05, 0.1) is 6.10 Å². The summed E-state index contributed by atoms with van der Waals surface area (Å²) in [6.07, 6.45) is 3.49. The summed E-state index contributed by atoms with van der Waals surface area (Å²) in [6.45, 7) is 3.98. The number of ether oxygens (including phenoxy) is 1. The van der Waals surface area contributed by atoms with Gasteiger partial charge >= 0.3 is 0 Å². The Morgan fingerprint density at radius 3 is 2.14 bits per heavy atom. The molecule has 0 aliphatic heterocycles. The van der Waals surface area contributed by atoms with Crippen molar-refractivity contribution in [2.24, 2.45) is 0 Å². The minimum atomic E-state index is -1.20. The van der Waals surface area contributed by atoms with Crippen LogP contribution in [-0.2, 0) is 4.74 Å². The normalized spacial score (nSPS) is 15.7. The van der Waals surface area contributed by atoms with Crippen LogP contribution in [0.1, 0.15) is 58.8 Å². The van der Waals surface area contributed by atoms with Gasteiger partial charge in [-0.1, -0.05) is 57.8 Å². The monoisotopic (exact) mass is 310 g/mol. The first-order valence-corrected chi connectivity index (χ1v) is 8.14. The van der Waals surface area contributed by atoms with E-state index in [4.69, 9.17) is 4.74 Å². The van der Waals surface area contributed by atoms with Crippen LogP contribution in [0, 0.1) is 23.7 Å². The van der Waals surface area contributed by atoms with E-state index in [-0.39, 0.29) is 0 Å². The highest BCUT2D eigenvalue weighted by Crippen LogP contribution is 2.13. The van der Waals surface area contributed by atoms with Crippen molar-refractivity contribution in [1.82, 2.24) is 0 Å². The molecule has 126 valence electrons. The molecule has 0 fully saturated rings. The van der Waals surface area contributed by atoms with Crippen LogP contribution < -0.4 is 0 Å². The van der Waals surface area contributed by atoms with E-state index < -0.39 is 24.4 Å². The number of hydrogen-bond donors (Lipinski definition) is 3. The van der Waals surface area contributed by atoms with Gasteiger partial charge in [0.2, 0.25) is 0 Å². The average molecular weight is 310 g/mol. The van der Waals surface area contributed by atoms with E-state index in [2.05, 4.69) is 30.6 Å². The van der Waals surface area contributed by atoms with Crippen LogP contribution >= 0.6 is 0 Å². The Hall–Kier alpha value is -1.04. The van der Waals surface area contributed by atoms with Crippen LogP contribution in [0.4, 0.5) is 0 Å². The van der Waals surface area contributed by atoms with Gasteiger partial charge in [-0.05, 0) is 24.7 Å². The second-order valence-electron chi connectivity index (χ2n) is 5.38. The van der Waals surface area contributed by atoms with Crippen molar-refractivity contribution < 1.29 is 20.1 Å². The van der Waals surface area contributed by atoms with Crippen molar-refractivity contribution in [1.29, 1.82) is 0 Å². The van der Waals surface area contributed by atoms with Crippen molar-refractivity contribution in [2.45, 2.75) is 83.2 Å². The molecule has 0 unspecified atom stereocenters. The second kappa shape index (κ2) is 13.6. The molecule has 3 N–H and O–H groups in total. The molecule has 0 radical (unpaired) electrons. The van der Waals surface area contributed by atoms with E-state index in [1.807, 2.05) is 6.92 Å². The summed E-state index contributed by atoms with van der Waals surface area (Å²) in [6, 6.07) is 0. The summed E-state index contributed by atoms with van der Waals surface area (Å²) in [5.74, 6) is 9.94. The predicted octanol–water partition coefficient (Wildman–Crippen LogP) is 1.86. The van der Waals surface area contributed by atoms with Crippen LogP contribution in [0.25, 0.3) is 0 Å². The lowest BCUT2D eigenvalue weighted by molar-refractivity contribution is -0.0611. The van der Waals surface area contributed by atoms with Gasteiger partial charge in [0, 0.05) is 7.11 Å². The molecule has 4 atom stereocenters.